The van der Waals surface area contributed by atoms with E-state index in [0.29, 0.717) is 28.5 Å². The minimum absolute atomic E-state index is 0.0782. The summed E-state index contributed by atoms with van der Waals surface area (Å²) in [6, 6.07) is 15.7. The lowest BCUT2D eigenvalue weighted by Crippen LogP contribution is -2.27. The van der Waals surface area contributed by atoms with Gasteiger partial charge < -0.3 is 9.32 Å². The molecule has 0 aliphatic rings. The summed E-state index contributed by atoms with van der Waals surface area (Å²) in [7, 11) is 2.00. The summed E-state index contributed by atoms with van der Waals surface area (Å²) in [5, 5.41) is 1.11. The molecule has 0 unspecified atom stereocenters. The molecule has 2 aromatic heterocycles. The van der Waals surface area contributed by atoms with Crippen molar-refractivity contribution in [3.05, 3.63) is 54.1 Å². The average molecular weight is 448 g/mol. The van der Waals surface area contributed by atoms with Crippen molar-refractivity contribution in [3.8, 4) is 11.5 Å². The van der Waals surface area contributed by atoms with Crippen LogP contribution in [0.2, 0.25) is 0 Å². The molecule has 0 radical (unpaired) electrons. The molecule has 2 aromatic carbocycles. The largest absolute Gasteiger partial charge is 0.454 e. The van der Waals surface area contributed by atoms with Crippen LogP contribution in [0.4, 0.5) is 5.82 Å². The van der Waals surface area contributed by atoms with Gasteiger partial charge >= 0.3 is 0 Å². The van der Waals surface area contributed by atoms with E-state index >= 15 is 0 Å². The minimum Gasteiger partial charge on any atom is -0.454 e. The lowest BCUT2D eigenvalue weighted by atomic mass is 10.1. The SMILES string of the molecule is CC(C)CCSC(=O)c1ccc2nc(-c3cc4ccccc4o3)c(N(C)C(C)C)nc2c1. The molecule has 2 heterocycles. The lowest BCUT2D eigenvalue weighted by Gasteiger charge is -2.24. The number of nitrogens with zero attached hydrogens (tertiary/aromatic N) is 3. The Morgan fingerprint density at radius 3 is 2.53 bits per heavy atom. The van der Waals surface area contributed by atoms with Gasteiger partial charge in [-0.2, -0.15) is 0 Å². The number of hydrogen-bond acceptors (Lipinski definition) is 6. The molecule has 5 nitrogen and oxygen atoms in total. The van der Waals surface area contributed by atoms with Gasteiger partial charge in [0, 0.05) is 29.8 Å². The summed E-state index contributed by atoms with van der Waals surface area (Å²) in [5.41, 5.74) is 3.64. The summed E-state index contributed by atoms with van der Waals surface area (Å²) < 4.78 is 6.11. The molecule has 0 atom stereocenters. The Morgan fingerprint density at radius 2 is 1.81 bits per heavy atom. The third-order valence-electron chi connectivity index (χ3n) is 5.58. The Balaban J connectivity index is 1.77. The summed E-state index contributed by atoms with van der Waals surface area (Å²) in [5.74, 6) is 2.84. The molecular formula is C26H29N3O2S. The first-order valence-corrected chi connectivity index (χ1v) is 12.0. The smallest absolute Gasteiger partial charge is 0.219 e. The number of carbonyl (C=O) groups is 1. The van der Waals surface area contributed by atoms with E-state index in [0.717, 1.165) is 34.5 Å². The van der Waals surface area contributed by atoms with Crippen LogP contribution in [0.1, 0.15) is 44.5 Å². The first kappa shape index (κ1) is 22.3. The van der Waals surface area contributed by atoms with Gasteiger partial charge in [0.25, 0.3) is 0 Å². The second-order valence-electron chi connectivity index (χ2n) is 8.77. The zero-order chi connectivity index (χ0) is 22.8. The fourth-order valence-electron chi connectivity index (χ4n) is 3.40. The van der Waals surface area contributed by atoms with E-state index in [9.17, 15) is 4.79 Å². The predicted octanol–water partition coefficient (Wildman–Crippen LogP) is 6.81. The highest BCUT2D eigenvalue weighted by Crippen LogP contribution is 2.34. The van der Waals surface area contributed by atoms with Crippen molar-refractivity contribution in [2.45, 2.75) is 40.2 Å². The van der Waals surface area contributed by atoms with Gasteiger partial charge in [0.1, 0.15) is 11.3 Å². The zero-order valence-electron chi connectivity index (χ0n) is 19.3. The fraction of sp³-hybridized carbons (Fsp3) is 0.346. The molecule has 0 saturated heterocycles. The second-order valence-corrected chi connectivity index (χ2v) is 9.84. The first-order valence-electron chi connectivity index (χ1n) is 11.0. The van der Waals surface area contributed by atoms with Crippen LogP contribution in [0.15, 0.2) is 52.9 Å². The molecule has 0 saturated carbocycles. The minimum atomic E-state index is 0.0782. The van der Waals surface area contributed by atoms with E-state index < -0.39 is 0 Å². The quantitative estimate of drug-likeness (QED) is 0.310. The highest BCUT2D eigenvalue weighted by Gasteiger charge is 2.20. The van der Waals surface area contributed by atoms with Crippen LogP contribution < -0.4 is 4.90 Å². The van der Waals surface area contributed by atoms with E-state index in [1.807, 2.05) is 55.6 Å². The molecule has 166 valence electrons. The number of rotatable bonds is 7. The van der Waals surface area contributed by atoms with Crippen molar-refractivity contribution in [3.63, 3.8) is 0 Å². The lowest BCUT2D eigenvalue weighted by molar-refractivity contribution is 0.108. The molecule has 6 heteroatoms. The monoisotopic (exact) mass is 447 g/mol. The van der Waals surface area contributed by atoms with Crippen LogP contribution >= 0.6 is 11.8 Å². The molecule has 0 aliphatic heterocycles. The number of benzene rings is 2. The van der Waals surface area contributed by atoms with Gasteiger partial charge in [-0.1, -0.05) is 43.8 Å². The molecule has 4 aromatic rings. The number of carbonyl (C=O) groups excluding carboxylic acids is 1. The summed E-state index contributed by atoms with van der Waals surface area (Å²) >= 11 is 1.37. The normalized spacial score (nSPS) is 11.7. The highest BCUT2D eigenvalue weighted by molar-refractivity contribution is 8.14. The Bertz CT molecular complexity index is 1230. The van der Waals surface area contributed by atoms with E-state index in [2.05, 4.69) is 32.6 Å². The zero-order valence-corrected chi connectivity index (χ0v) is 20.1. The van der Waals surface area contributed by atoms with Crippen molar-refractivity contribution in [2.75, 3.05) is 17.7 Å². The number of aromatic nitrogens is 2. The maximum Gasteiger partial charge on any atom is 0.219 e. The molecule has 0 aliphatic carbocycles. The van der Waals surface area contributed by atoms with Crippen LogP contribution in [0, 0.1) is 5.92 Å². The van der Waals surface area contributed by atoms with E-state index in [1.54, 1.807) is 0 Å². The molecule has 4 rings (SSSR count). The summed E-state index contributed by atoms with van der Waals surface area (Å²) in [6.45, 7) is 8.56. The van der Waals surface area contributed by atoms with Crippen molar-refractivity contribution < 1.29 is 9.21 Å². The molecule has 0 amide bonds. The molecule has 0 bridgehead atoms. The summed E-state index contributed by atoms with van der Waals surface area (Å²) in [6.07, 6.45) is 1.02. The van der Waals surface area contributed by atoms with E-state index in [4.69, 9.17) is 14.4 Å². The second kappa shape index (κ2) is 9.33. The number of fused-ring (bicyclic) bond motifs is 2. The van der Waals surface area contributed by atoms with Gasteiger partial charge in [-0.3, -0.25) is 4.79 Å². The van der Waals surface area contributed by atoms with Gasteiger partial charge in [0.15, 0.2) is 11.6 Å². The fourth-order valence-corrected chi connectivity index (χ4v) is 4.47. The standard InChI is InChI=1S/C26H29N3O2S/c1-16(2)12-13-32-26(30)19-10-11-20-21(14-19)28-25(29(5)17(3)4)24(27-20)23-15-18-8-6-7-9-22(18)31-23/h6-11,14-17H,12-13H2,1-5H3. The first-order chi connectivity index (χ1) is 15.3. The van der Waals surface area contributed by atoms with Gasteiger partial charge in [-0.15, -0.1) is 0 Å². The van der Waals surface area contributed by atoms with Gasteiger partial charge in [-0.05, 0) is 56.5 Å². The van der Waals surface area contributed by atoms with Crippen LogP contribution in [-0.4, -0.2) is 33.9 Å². The number of hydrogen-bond donors (Lipinski definition) is 0. The number of thioether (sulfide) groups is 1. The van der Waals surface area contributed by atoms with Crippen LogP contribution in [0.25, 0.3) is 33.5 Å². The average Bonchev–Trinajstić information content (AvgIpc) is 3.21. The Labute approximate surface area is 193 Å². The van der Waals surface area contributed by atoms with Gasteiger partial charge in [0.05, 0.1) is 11.0 Å². The molecule has 0 N–H and O–H groups in total. The van der Waals surface area contributed by atoms with E-state index in [1.165, 1.54) is 11.8 Å². The van der Waals surface area contributed by atoms with Crippen LogP contribution in [0.3, 0.4) is 0 Å². The third-order valence-corrected chi connectivity index (χ3v) is 6.52. The van der Waals surface area contributed by atoms with Crippen LogP contribution in [-0.2, 0) is 0 Å². The van der Waals surface area contributed by atoms with Crippen molar-refractivity contribution in [2.24, 2.45) is 5.92 Å². The predicted molar refractivity (Wildman–Crippen MR) is 135 cm³/mol. The number of furan rings is 1. The maximum atomic E-state index is 12.7. The molecule has 0 spiro atoms. The van der Waals surface area contributed by atoms with Gasteiger partial charge in [0.2, 0.25) is 5.12 Å². The summed E-state index contributed by atoms with van der Waals surface area (Å²) in [4.78, 5) is 24.6. The Hall–Kier alpha value is -2.86. The van der Waals surface area contributed by atoms with Crippen molar-refractivity contribution in [1.82, 2.24) is 9.97 Å². The molecule has 32 heavy (non-hydrogen) atoms. The molecular weight excluding hydrogens is 418 g/mol. The topological polar surface area (TPSA) is 59.2 Å². The van der Waals surface area contributed by atoms with Crippen molar-refractivity contribution in [1.29, 1.82) is 0 Å². The molecule has 0 fully saturated rings. The third kappa shape index (κ3) is 4.65. The number of para-hydroxylation sites is 1. The van der Waals surface area contributed by atoms with Crippen molar-refractivity contribution >= 4 is 44.7 Å². The Kier molecular flexibility index (Phi) is 6.51. The maximum absolute atomic E-state index is 12.7. The van der Waals surface area contributed by atoms with E-state index in [-0.39, 0.29) is 11.2 Å². The number of anilines is 1. The van der Waals surface area contributed by atoms with Crippen LogP contribution in [0.5, 0.6) is 0 Å². The van der Waals surface area contributed by atoms with Gasteiger partial charge in [-0.25, -0.2) is 9.97 Å². The highest BCUT2D eigenvalue weighted by atomic mass is 32.2. The Morgan fingerprint density at radius 1 is 1.03 bits per heavy atom.